The van der Waals surface area contributed by atoms with Gasteiger partial charge in [-0.05, 0) is 116 Å². The molecule has 0 radical (unpaired) electrons. The van der Waals surface area contributed by atoms with Crippen LogP contribution >= 0.6 is 0 Å². The average Bonchev–Trinajstić information content (AvgIpc) is 3.46. The number of nitrogens with zero attached hydrogens (tertiary/aromatic N) is 2. The van der Waals surface area contributed by atoms with Gasteiger partial charge in [-0.15, -0.1) is 0 Å². The Bertz CT molecular complexity index is 2010. The normalized spacial score (nSPS) is 20.1. The molecule has 0 spiro atoms. The molecule has 0 saturated heterocycles. The Morgan fingerprint density at radius 3 is 2.02 bits per heavy atom. The maximum atomic E-state index is 2.53. The van der Waals surface area contributed by atoms with Crippen LogP contribution < -0.4 is 4.90 Å². The molecule has 2 heterocycles. The van der Waals surface area contributed by atoms with E-state index in [0.29, 0.717) is 0 Å². The molecular formula is C45H53N2+. The molecule has 0 aromatic heterocycles. The molecular weight excluding hydrogens is 569 g/mol. The van der Waals surface area contributed by atoms with Crippen LogP contribution in [0.3, 0.4) is 0 Å². The highest BCUT2D eigenvalue weighted by molar-refractivity contribution is 6.07. The summed E-state index contributed by atoms with van der Waals surface area (Å²) in [7, 11) is 0. The molecule has 242 valence electrons. The van der Waals surface area contributed by atoms with E-state index in [9.17, 15) is 0 Å². The van der Waals surface area contributed by atoms with Gasteiger partial charge in [0.25, 0.3) is 0 Å². The second kappa shape index (κ2) is 12.8. The van der Waals surface area contributed by atoms with Crippen molar-refractivity contribution in [2.45, 2.75) is 92.4 Å². The van der Waals surface area contributed by atoms with Crippen LogP contribution in [0.15, 0.2) is 120 Å². The predicted octanol–water partition coefficient (Wildman–Crippen LogP) is 12.1. The fourth-order valence-corrected chi connectivity index (χ4v) is 8.58. The van der Waals surface area contributed by atoms with E-state index in [0.717, 1.165) is 25.9 Å². The summed E-state index contributed by atoms with van der Waals surface area (Å²) in [5.41, 5.74) is 12.7. The lowest BCUT2D eigenvalue weighted by Gasteiger charge is -2.26. The summed E-state index contributed by atoms with van der Waals surface area (Å²) < 4.78 is 2.53. The zero-order valence-corrected chi connectivity index (χ0v) is 30.2. The van der Waals surface area contributed by atoms with E-state index < -0.39 is 0 Å². The van der Waals surface area contributed by atoms with Gasteiger partial charge in [0.1, 0.15) is 6.54 Å². The fraction of sp³-hybridized carbons (Fsp3) is 0.356. The maximum Gasteiger partial charge on any atom is 0.210 e. The molecule has 0 atom stereocenters. The number of rotatable bonds is 5. The summed E-state index contributed by atoms with van der Waals surface area (Å²) >= 11 is 0. The van der Waals surface area contributed by atoms with Crippen molar-refractivity contribution < 1.29 is 4.58 Å². The molecule has 0 fully saturated rings. The highest BCUT2D eigenvalue weighted by Gasteiger charge is 2.45. The molecule has 7 rings (SSSR count). The third kappa shape index (κ3) is 5.31. The molecule has 0 bridgehead atoms. The molecule has 2 nitrogen and oxygen atoms in total. The van der Waals surface area contributed by atoms with Gasteiger partial charge in [0, 0.05) is 41.1 Å². The van der Waals surface area contributed by atoms with E-state index in [1.54, 1.807) is 0 Å². The molecule has 4 aromatic rings. The first-order valence-corrected chi connectivity index (χ1v) is 17.9. The summed E-state index contributed by atoms with van der Waals surface area (Å²) in [6.45, 7) is 22.4. The maximum absolute atomic E-state index is 2.53. The van der Waals surface area contributed by atoms with Crippen molar-refractivity contribution in [1.29, 1.82) is 0 Å². The van der Waals surface area contributed by atoms with Gasteiger partial charge in [0.2, 0.25) is 5.69 Å². The first-order valence-electron chi connectivity index (χ1n) is 17.9. The van der Waals surface area contributed by atoms with Crippen LogP contribution in [0.5, 0.6) is 0 Å². The highest BCUT2D eigenvalue weighted by Crippen LogP contribution is 2.51. The first kappa shape index (κ1) is 32.8. The molecule has 2 aliphatic heterocycles. The summed E-state index contributed by atoms with van der Waals surface area (Å²) in [4.78, 5) is 2.53. The fourth-order valence-electron chi connectivity index (χ4n) is 8.58. The van der Waals surface area contributed by atoms with Crippen LogP contribution in [0.1, 0.15) is 92.7 Å². The molecule has 0 amide bonds. The third-order valence-corrected chi connectivity index (χ3v) is 10.9. The van der Waals surface area contributed by atoms with Crippen molar-refractivity contribution in [1.82, 2.24) is 0 Å². The number of anilines is 1. The monoisotopic (exact) mass is 621 g/mol. The van der Waals surface area contributed by atoms with E-state index in [2.05, 4.69) is 155 Å². The number of hydrogen-bond acceptors (Lipinski definition) is 1. The Labute approximate surface area is 283 Å². The van der Waals surface area contributed by atoms with Crippen molar-refractivity contribution in [2.24, 2.45) is 0 Å². The lowest BCUT2D eigenvalue weighted by molar-refractivity contribution is -0.433. The molecule has 0 N–H and O–H groups in total. The molecule has 2 heteroatoms. The van der Waals surface area contributed by atoms with Crippen LogP contribution in [0.4, 0.5) is 11.4 Å². The van der Waals surface area contributed by atoms with E-state index in [4.69, 9.17) is 0 Å². The van der Waals surface area contributed by atoms with E-state index in [1.165, 1.54) is 78.6 Å². The Balaban J connectivity index is 0.00000190. The third-order valence-electron chi connectivity index (χ3n) is 10.9. The number of likely N-dealkylation sites (N-methyl/N-ethyl adjacent to an activating group) is 1. The predicted molar refractivity (Wildman–Crippen MR) is 206 cm³/mol. The average molecular weight is 622 g/mol. The van der Waals surface area contributed by atoms with Gasteiger partial charge in [-0.25, -0.2) is 0 Å². The summed E-state index contributed by atoms with van der Waals surface area (Å²) in [5, 5.41) is 5.39. The van der Waals surface area contributed by atoms with Gasteiger partial charge in [-0.2, -0.15) is 4.58 Å². The smallest absolute Gasteiger partial charge is 0.210 e. The van der Waals surface area contributed by atoms with Gasteiger partial charge >= 0.3 is 0 Å². The number of benzene rings is 4. The van der Waals surface area contributed by atoms with Crippen LogP contribution in [-0.2, 0) is 10.8 Å². The van der Waals surface area contributed by atoms with E-state index in [-0.39, 0.29) is 10.8 Å². The lowest BCUT2D eigenvalue weighted by atomic mass is 9.78. The lowest BCUT2D eigenvalue weighted by Crippen LogP contribution is -2.27. The van der Waals surface area contributed by atoms with Crippen molar-refractivity contribution in [3.63, 3.8) is 0 Å². The van der Waals surface area contributed by atoms with Gasteiger partial charge in [-0.1, -0.05) is 94.4 Å². The number of hydrogen-bond donors (Lipinski definition) is 0. The number of fused-ring (bicyclic) bond motifs is 6. The highest BCUT2D eigenvalue weighted by atomic mass is 15.2. The van der Waals surface area contributed by atoms with Crippen molar-refractivity contribution >= 4 is 38.6 Å². The van der Waals surface area contributed by atoms with Crippen LogP contribution in [0, 0.1) is 0 Å². The van der Waals surface area contributed by atoms with Gasteiger partial charge in [-0.3, -0.25) is 0 Å². The molecule has 47 heavy (non-hydrogen) atoms. The standard InChI is InChI=1S/C43H47N2.C2H6/c1-8-44-36-25-21-32-15-10-12-19-34(32)40(36)42(4,5)38(44)27-23-30-17-14-18-31(29(30)3)24-28-39-43(6,7)41-35-20-13-11-16-33(35)22-26-37(41)45(39)9-2;1-2/h10-13,15-16,19-28H,8-9,14,17-18H2,1-7H3;1-2H3/q+1;. The summed E-state index contributed by atoms with van der Waals surface area (Å²) in [6.07, 6.45) is 13.2. The Morgan fingerprint density at radius 2 is 1.36 bits per heavy atom. The Morgan fingerprint density at radius 1 is 0.723 bits per heavy atom. The largest absolute Gasteiger partial charge is 0.344 e. The number of allylic oxidation sites excluding steroid dienone is 8. The van der Waals surface area contributed by atoms with Crippen molar-refractivity contribution in [2.75, 3.05) is 18.0 Å². The van der Waals surface area contributed by atoms with Gasteiger partial charge < -0.3 is 4.90 Å². The van der Waals surface area contributed by atoms with Crippen molar-refractivity contribution in [3.05, 3.63) is 131 Å². The zero-order chi connectivity index (χ0) is 33.5. The Kier molecular flexibility index (Phi) is 8.92. The minimum atomic E-state index is -0.0637. The molecule has 1 aliphatic carbocycles. The first-order chi connectivity index (χ1) is 22.7. The van der Waals surface area contributed by atoms with Crippen LogP contribution in [0.2, 0.25) is 0 Å². The van der Waals surface area contributed by atoms with Gasteiger partial charge in [0.05, 0.1) is 5.41 Å². The summed E-state index contributed by atoms with van der Waals surface area (Å²) in [6, 6.07) is 26.9. The van der Waals surface area contributed by atoms with Crippen molar-refractivity contribution in [3.8, 4) is 0 Å². The minimum absolute atomic E-state index is 0.0637. The molecule has 0 saturated carbocycles. The summed E-state index contributed by atoms with van der Waals surface area (Å²) in [5.74, 6) is 0. The SMILES string of the molecule is CC.CCN1/C(=C/C=C2\CCCC(/C=C/C3=[N+](CC)c4ccc5ccccc5c4C3(C)C)=C2C)C(C)(C)c2c1ccc1ccccc21. The van der Waals surface area contributed by atoms with Crippen LogP contribution in [-0.4, -0.2) is 23.4 Å². The van der Waals surface area contributed by atoms with E-state index >= 15 is 0 Å². The minimum Gasteiger partial charge on any atom is -0.344 e. The van der Waals surface area contributed by atoms with Gasteiger partial charge in [0.15, 0.2) is 5.71 Å². The zero-order valence-electron chi connectivity index (χ0n) is 30.2. The molecule has 0 unspecified atom stereocenters. The second-order valence-corrected chi connectivity index (χ2v) is 14.1. The van der Waals surface area contributed by atoms with Crippen LogP contribution in [0.25, 0.3) is 21.5 Å². The Hall–Kier alpha value is -4.17. The van der Waals surface area contributed by atoms with E-state index in [1.807, 2.05) is 13.8 Å². The second-order valence-electron chi connectivity index (χ2n) is 14.1. The molecule has 3 aliphatic rings. The molecule has 4 aromatic carbocycles. The topological polar surface area (TPSA) is 6.25 Å². The quantitative estimate of drug-likeness (QED) is 0.201.